The summed E-state index contributed by atoms with van der Waals surface area (Å²) < 4.78 is 15.9. The number of carbonyl (C=O) groups excluding carboxylic acids is 1. The molecule has 22 heavy (non-hydrogen) atoms. The summed E-state index contributed by atoms with van der Waals surface area (Å²) in [4.78, 5) is 11.8. The highest BCUT2D eigenvalue weighted by atomic mass is 35.5. The molecule has 0 saturated carbocycles. The zero-order chi connectivity index (χ0) is 16.0. The molecule has 1 aromatic carbocycles. The van der Waals surface area contributed by atoms with Crippen molar-refractivity contribution >= 4 is 18.3 Å². The van der Waals surface area contributed by atoms with Gasteiger partial charge < -0.3 is 25.3 Å². The maximum Gasteiger partial charge on any atom is 0.222 e. The number of nitrogens with one attached hydrogen (secondary N) is 1. The maximum atomic E-state index is 11.8. The Kier molecular flexibility index (Phi) is 8.67. The summed E-state index contributed by atoms with van der Waals surface area (Å²) in [5, 5.41) is 2.90. The molecule has 0 aliphatic rings. The van der Waals surface area contributed by atoms with Gasteiger partial charge in [0.1, 0.15) is 0 Å². The number of nitrogens with two attached hydrogens (primary N) is 1. The van der Waals surface area contributed by atoms with Gasteiger partial charge in [0, 0.05) is 12.5 Å². The van der Waals surface area contributed by atoms with E-state index in [1.807, 2.05) is 19.1 Å². The van der Waals surface area contributed by atoms with Crippen LogP contribution in [0.5, 0.6) is 17.2 Å². The summed E-state index contributed by atoms with van der Waals surface area (Å²) in [6.45, 7) is 3.68. The van der Waals surface area contributed by atoms with Gasteiger partial charge in [-0.25, -0.2) is 0 Å². The lowest BCUT2D eigenvalue weighted by molar-refractivity contribution is -0.122. The van der Waals surface area contributed by atoms with Crippen LogP contribution in [-0.4, -0.2) is 33.3 Å². The van der Waals surface area contributed by atoms with Crippen molar-refractivity contribution in [1.29, 1.82) is 0 Å². The quantitative estimate of drug-likeness (QED) is 0.798. The molecule has 0 fully saturated rings. The lowest BCUT2D eigenvalue weighted by atomic mass is 10.1. The summed E-state index contributed by atoms with van der Waals surface area (Å²) in [5.41, 5.74) is 6.48. The first-order chi connectivity index (χ1) is 9.92. The molecule has 1 aromatic rings. The van der Waals surface area contributed by atoms with E-state index in [0.29, 0.717) is 17.2 Å². The normalized spacial score (nSPS) is 12.6. The Morgan fingerprint density at radius 1 is 1.14 bits per heavy atom. The maximum absolute atomic E-state index is 11.8. The minimum atomic E-state index is -0.190. The Hall–Kier alpha value is -1.66. The summed E-state index contributed by atoms with van der Waals surface area (Å²) >= 11 is 0. The fourth-order valence-electron chi connectivity index (χ4n) is 2.03. The molecule has 0 saturated heterocycles. The number of hydrogen-bond acceptors (Lipinski definition) is 5. The smallest absolute Gasteiger partial charge is 0.222 e. The van der Waals surface area contributed by atoms with Crippen molar-refractivity contribution in [3.8, 4) is 17.2 Å². The fraction of sp³-hybridized carbons (Fsp3) is 0.533. The molecule has 0 spiro atoms. The van der Waals surface area contributed by atoms with Gasteiger partial charge in [0.15, 0.2) is 11.5 Å². The Bertz CT molecular complexity index is 469. The van der Waals surface area contributed by atoms with Crippen LogP contribution in [0.2, 0.25) is 0 Å². The van der Waals surface area contributed by atoms with Gasteiger partial charge in [-0.05, 0) is 31.5 Å². The highest BCUT2D eigenvalue weighted by molar-refractivity contribution is 5.85. The first-order valence-electron chi connectivity index (χ1n) is 6.77. The summed E-state index contributed by atoms with van der Waals surface area (Å²) in [7, 11) is 4.66. The summed E-state index contributed by atoms with van der Waals surface area (Å²) in [5.74, 6) is 1.55. The van der Waals surface area contributed by atoms with Crippen molar-refractivity contribution < 1.29 is 19.0 Å². The molecular weight excluding hydrogens is 308 g/mol. The molecule has 2 atom stereocenters. The summed E-state index contributed by atoms with van der Waals surface area (Å²) in [6, 6.07) is 3.28. The van der Waals surface area contributed by atoms with E-state index in [-0.39, 0.29) is 36.8 Å². The number of ether oxygens (including phenoxy) is 3. The van der Waals surface area contributed by atoms with Crippen LogP contribution < -0.4 is 25.3 Å². The molecule has 2 unspecified atom stereocenters. The van der Waals surface area contributed by atoms with Crippen LogP contribution in [0.4, 0.5) is 0 Å². The van der Waals surface area contributed by atoms with Gasteiger partial charge in [0.25, 0.3) is 0 Å². The predicted octanol–water partition coefficient (Wildman–Crippen LogP) is 2.05. The molecular formula is C15H25ClN2O4. The molecule has 6 nitrogen and oxygen atoms in total. The zero-order valence-electron chi connectivity index (χ0n) is 13.6. The van der Waals surface area contributed by atoms with E-state index < -0.39 is 0 Å². The van der Waals surface area contributed by atoms with Crippen molar-refractivity contribution in [2.24, 2.45) is 5.73 Å². The number of benzene rings is 1. The number of hydrogen-bond donors (Lipinski definition) is 2. The first-order valence-corrected chi connectivity index (χ1v) is 6.77. The molecule has 0 heterocycles. The van der Waals surface area contributed by atoms with Gasteiger partial charge in [-0.1, -0.05) is 0 Å². The monoisotopic (exact) mass is 332 g/mol. The van der Waals surface area contributed by atoms with E-state index in [9.17, 15) is 4.79 Å². The average Bonchev–Trinajstić information content (AvgIpc) is 2.44. The van der Waals surface area contributed by atoms with E-state index in [0.717, 1.165) is 5.56 Å². The van der Waals surface area contributed by atoms with Gasteiger partial charge in [-0.15, -0.1) is 12.4 Å². The van der Waals surface area contributed by atoms with Crippen molar-refractivity contribution in [1.82, 2.24) is 5.32 Å². The van der Waals surface area contributed by atoms with Crippen LogP contribution in [0.1, 0.15) is 31.9 Å². The predicted molar refractivity (Wildman–Crippen MR) is 88.2 cm³/mol. The molecule has 0 radical (unpaired) electrons. The Balaban J connectivity index is 0.00000441. The minimum absolute atomic E-state index is 0. The molecule has 7 heteroatoms. The second-order valence-electron chi connectivity index (χ2n) is 4.93. The molecule has 0 bridgehead atoms. The molecule has 126 valence electrons. The number of carbonyl (C=O) groups is 1. The van der Waals surface area contributed by atoms with Crippen LogP contribution in [0.3, 0.4) is 0 Å². The van der Waals surface area contributed by atoms with E-state index >= 15 is 0 Å². The first kappa shape index (κ1) is 20.3. The van der Waals surface area contributed by atoms with Crippen molar-refractivity contribution in [2.45, 2.75) is 32.4 Å². The lowest BCUT2D eigenvalue weighted by Crippen LogP contribution is -2.31. The molecule has 3 N–H and O–H groups in total. The topological polar surface area (TPSA) is 82.8 Å². The number of amides is 1. The highest BCUT2D eigenvalue weighted by Gasteiger charge is 2.17. The van der Waals surface area contributed by atoms with Crippen molar-refractivity contribution in [2.75, 3.05) is 21.3 Å². The van der Waals surface area contributed by atoms with Gasteiger partial charge in [0.2, 0.25) is 11.7 Å². The number of rotatable bonds is 7. The number of halogens is 1. The van der Waals surface area contributed by atoms with Crippen LogP contribution in [0.15, 0.2) is 12.1 Å². The third-order valence-electron chi connectivity index (χ3n) is 3.07. The van der Waals surface area contributed by atoms with Gasteiger partial charge in [-0.2, -0.15) is 0 Å². The molecule has 0 aromatic heterocycles. The number of methoxy groups -OCH3 is 3. The van der Waals surface area contributed by atoms with Crippen LogP contribution in [-0.2, 0) is 4.79 Å². The van der Waals surface area contributed by atoms with Crippen LogP contribution in [0.25, 0.3) is 0 Å². The SMILES string of the molecule is COc1cc(C(C)NC(=O)CC(C)N)cc(OC)c1OC.Cl. The second kappa shape index (κ2) is 9.38. The van der Waals surface area contributed by atoms with Crippen LogP contribution in [0, 0.1) is 0 Å². The molecule has 1 rings (SSSR count). The third kappa shape index (κ3) is 5.27. The highest BCUT2D eigenvalue weighted by Crippen LogP contribution is 2.39. The van der Waals surface area contributed by atoms with Crippen molar-refractivity contribution in [3.05, 3.63) is 17.7 Å². The Morgan fingerprint density at radius 2 is 1.64 bits per heavy atom. The summed E-state index contributed by atoms with van der Waals surface area (Å²) in [6.07, 6.45) is 0.286. The van der Waals surface area contributed by atoms with Crippen molar-refractivity contribution in [3.63, 3.8) is 0 Å². The Morgan fingerprint density at radius 3 is 2.00 bits per heavy atom. The minimum Gasteiger partial charge on any atom is -0.493 e. The molecule has 0 aliphatic heterocycles. The fourth-order valence-corrected chi connectivity index (χ4v) is 2.03. The van der Waals surface area contributed by atoms with E-state index in [1.165, 1.54) is 0 Å². The largest absolute Gasteiger partial charge is 0.493 e. The Labute approximate surface area is 137 Å². The van der Waals surface area contributed by atoms with Gasteiger partial charge in [-0.3, -0.25) is 4.79 Å². The average molecular weight is 333 g/mol. The van der Waals surface area contributed by atoms with Crippen LogP contribution >= 0.6 is 12.4 Å². The lowest BCUT2D eigenvalue weighted by Gasteiger charge is -2.19. The van der Waals surface area contributed by atoms with E-state index in [2.05, 4.69) is 5.32 Å². The van der Waals surface area contributed by atoms with Gasteiger partial charge >= 0.3 is 0 Å². The molecule has 1 amide bonds. The van der Waals surface area contributed by atoms with E-state index in [4.69, 9.17) is 19.9 Å². The standard InChI is InChI=1S/C15H24N2O4.ClH/c1-9(16)6-14(18)17-10(2)11-7-12(19-3)15(21-5)13(8-11)20-4;/h7-10H,6,16H2,1-5H3,(H,17,18);1H. The molecule has 0 aliphatic carbocycles. The second-order valence-corrected chi connectivity index (χ2v) is 4.93. The van der Waals surface area contributed by atoms with E-state index in [1.54, 1.807) is 28.3 Å². The third-order valence-corrected chi connectivity index (χ3v) is 3.07. The zero-order valence-corrected chi connectivity index (χ0v) is 14.5. The van der Waals surface area contributed by atoms with Gasteiger partial charge in [0.05, 0.1) is 27.4 Å².